The van der Waals surface area contributed by atoms with Gasteiger partial charge in [0.15, 0.2) is 0 Å². The lowest BCUT2D eigenvalue weighted by atomic mass is 10.2. The van der Waals surface area contributed by atoms with E-state index in [2.05, 4.69) is 6.58 Å². The van der Waals surface area contributed by atoms with E-state index in [0.717, 1.165) is 11.1 Å². The van der Waals surface area contributed by atoms with Crippen molar-refractivity contribution in [3.8, 4) is 0 Å². The Morgan fingerprint density at radius 1 is 0.763 bits per heavy atom. The number of benzene rings is 2. The zero-order valence-corrected chi connectivity index (χ0v) is 23.9. The van der Waals surface area contributed by atoms with Crippen LogP contribution < -0.4 is 0 Å². The molecule has 1 aliphatic rings. The van der Waals surface area contributed by atoms with Gasteiger partial charge in [0.25, 0.3) is 0 Å². The first kappa shape index (κ1) is 29.8. The molecular weight excluding hydrogens is 526 g/mol. The lowest BCUT2D eigenvalue weighted by Gasteiger charge is -2.30. The van der Waals surface area contributed by atoms with Gasteiger partial charge in [0, 0.05) is 39.3 Å². The van der Waals surface area contributed by atoms with Gasteiger partial charge >= 0.3 is 6.09 Å². The van der Waals surface area contributed by atoms with E-state index in [9.17, 15) is 21.6 Å². The Morgan fingerprint density at radius 2 is 1.16 bits per heavy atom. The number of carbonyl (C=O) groups is 1. The summed E-state index contributed by atoms with van der Waals surface area (Å²) >= 11 is 0. The van der Waals surface area contributed by atoms with Gasteiger partial charge in [-0.25, -0.2) is 21.6 Å². The van der Waals surface area contributed by atoms with Gasteiger partial charge in [-0.2, -0.15) is 8.61 Å². The maximum Gasteiger partial charge on any atom is 0.409 e. The molecule has 9 nitrogen and oxygen atoms in total. The highest BCUT2D eigenvalue weighted by Gasteiger charge is 2.30. The number of amides is 1. The molecule has 0 aliphatic carbocycles. The second-order valence-corrected chi connectivity index (χ2v) is 13.3. The molecule has 38 heavy (non-hydrogen) atoms. The fraction of sp³-hybridized carbons (Fsp3) is 0.444. The fourth-order valence-corrected chi connectivity index (χ4v) is 7.22. The normalized spacial score (nSPS) is 17.4. The van der Waals surface area contributed by atoms with Crippen molar-refractivity contribution in [2.24, 2.45) is 0 Å². The number of ether oxygens (including phenoxy) is 1. The SMILES string of the molecule is C=C1CN(S(=O)(=O)c2ccc(C)cc2)CCCN(C(=O)OCC)CCCN(S(=O)(=O)c2ccc(C)cc2)C1. The molecule has 1 saturated heterocycles. The Hall–Kier alpha value is -2.73. The van der Waals surface area contributed by atoms with Gasteiger partial charge < -0.3 is 9.64 Å². The average molecular weight is 564 g/mol. The monoisotopic (exact) mass is 563 g/mol. The molecule has 208 valence electrons. The van der Waals surface area contributed by atoms with Gasteiger partial charge in [-0.05, 0) is 63.5 Å². The largest absolute Gasteiger partial charge is 0.450 e. The van der Waals surface area contributed by atoms with Crippen LogP contribution in [0.5, 0.6) is 0 Å². The maximum absolute atomic E-state index is 13.6. The zero-order valence-electron chi connectivity index (χ0n) is 22.3. The number of aryl methyl sites for hydroxylation is 2. The standard InChI is InChI=1S/C27H37N3O6S2/c1-5-36-27(31)28-16-6-18-29(37(32,33)25-12-8-22(2)9-13-25)20-24(4)21-30(19-7-17-28)38(34,35)26-14-10-23(3)11-15-26/h8-15H,4-7,16-21H2,1-3H3. The molecule has 1 amide bonds. The number of hydrogen-bond acceptors (Lipinski definition) is 6. The number of nitrogens with zero attached hydrogens (tertiary/aromatic N) is 3. The van der Waals surface area contributed by atoms with E-state index in [4.69, 9.17) is 4.74 Å². The summed E-state index contributed by atoms with van der Waals surface area (Å²) in [6.07, 6.45) is 0.278. The number of carbonyl (C=O) groups excluding carboxylic acids is 1. The molecule has 0 saturated carbocycles. The van der Waals surface area contributed by atoms with Crippen LogP contribution in [-0.2, 0) is 24.8 Å². The van der Waals surface area contributed by atoms with Crippen LogP contribution in [0.3, 0.4) is 0 Å². The molecule has 2 aromatic rings. The smallest absolute Gasteiger partial charge is 0.409 e. The Balaban J connectivity index is 1.94. The van der Waals surface area contributed by atoms with Crippen molar-refractivity contribution >= 4 is 26.1 Å². The van der Waals surface area contributed by atoms with E-state index < -0.39 is 26.1 Å². The summed E-state index contributed by atoms with van der Waals surface area (Å²) in [5.74, 6) is 0. The summed E-state index contributed by atoms with van der Waals surface area (Å²) in [4.78, 5) is 14.4. The van der Waals surface area contributed by atoms with Crippen LogP contribution >= 0.6 is 0 Å². The number of rotatable bonds is 5. The molecule has 1 fully saturated rings. The Morgan fingerprint density at radius 3 is 1.53 bits per heavy atom. The first-order chi connectivity index (χ1) is 17.9. The molecule has 1 heterocycles. The summed E-state index contributed by atoms with van der Waals surface area (Å²) in [7, 11) is -7.78. The van der Waals surface area contributed by atoms with Crippen molar-refractivity contribution in [1.82, 2.24) is 13.5 Å². The third-order valence-electron chi connectivity index (χ3n) is 6.31. The van der Waals surface area contributed by atoms with E-state index in [1.165, 1.54) is 13.5 Å². The quantitative estimate of drug-likeness (QED) is 0.513. The van der Waals surface area contributed by atoms with Crippen LogP contribution in [-0.4, -0.2) is 82.3 Å². The highest BCUT2D eigenvalue weighted by Crippen LogP contribution is 2.22. The van der Waals surface area contributed by atoms with Crippen LogP contribution in [0.4, 0.5) is 4.79 Å². The van der Waals surface area contributed by atoms with Gasteiger partial charge in [0.2, 0.25) is 20.0 Å². The van der Waals surface area contributed by atoms with E-state index in [-0.39, 0.29) is 55.7 Å². The summed E-state index contributed by atoms with van der Waals surface area (Å²) < 4.78 is 62.0. The molecule has 0 bridgehead atoms. The van der Waals surface area contributed by atoms with Crippen molar-refractivity contribution < 1.29 is 26.4 Å². The summed E-state index contributed by atoms with van der Waals surface area (Å²) in [5.41, 5.74) is 2.33. The molecule has 0 aromatic heterocycles. The first-order valence-corrected chi connectivity index (χ1v) is 15.5. The molecule has 11 heteroatoms. The highest BCUT2D eigenvalue weighted by molar-refractivity contribution is 7.89. The molecule has 0 N–H and O–H groups in total. The Bertz CT molecular complexity index is 1230. The number of hydrogen-bond donors (Lipinski definition) is 0. The van der Waals surface area contributed by atoms with Gasteiger partial charge in [0.05, 0.1) is 16.4 Å². The predicted molar refractivity (Wildman–Crippen MR) is 147 cm³/mol. The van der Waals surface area contributed by atoms with E-state index >= 15 is 0 Å². The average Bonchev–Trinajstić information content (AvgIpc) is 2.86. The molecular formula is C27H37N3O6S2. The third-order valence-corrected chi connectivity index (χ3v) is 10.0. The second-order valence-electron chi connectivity index (χ2n) is 9.45. The zero-order chi connectivity index (χ0) is 27.9. The Kier molecular flexibility index (Phi) is 10.1. The van der Waals surface area contributed by atoms with Crippen LogP contribution in [0, 0.1) is 13.8 Å². The minimum Gasteiger partial charge on any atom is -0.450 e. The fourth-order valence-electron chi connectivity index (χ4n) is 4.22. The first-order valence-electron chi connectivity index (χ1n) is 12.7. The number of sulfonamides is 2. The topological polar surface area (TPSA) is 104 Å². The van der Waals surface area contributed by atoms with Crippen molar-refractivity contribution in [1.29, 1.82) is 0 Å². The van der Waals surface area contributed by atoms with Crippen LogP contribution in [0.2, 0.25) is 0 Å². The molecule has 0 radical (unpaired) electrons. The van der Waals surface area contributed by atoms with Gasteiger partial charge in [-0.15, -0.1) is 0 Å². The van der Waals surface area contributed by atoms with Gasteiger partial charge in [0.1, 0.15) is 0 Å². The third kappa shape index (κ3) is 7.43. The molecule has 0 unspecified atom stereocenters. The highest BCUT2D eigenvalue weighted by atomic mass is 32.2. The van der Waals surface area contributed by atoms with Gasteiger partial charge in [-0.1, -0.05) is 42.0 Å². The van der Waals surface area contributed by atoms with Crippen molar-refractivity contribution in [2.75, 3.05) is 45.9 Å². The van der Waals surface area contributed by atoms with E-state index in [1.54, 1.807) is 55.5 Å². The molecule has 0 spiro atoms. The van der Waals surface area contributed by atoms with Crippen LogP contribution in [0.1, 0.15) is 30.9 Å². The summed E-state index contributed by atoms with van der Waals surface area (Å²) in [6, 6.07) is 13.2. The Labute approximate surface area is 226 Å². The maximum atomic E-state index is 13.6. The predicted octanol–water partition coefficient (Wildman–Crippen LogP) is 3.79. The minimum atomic E-state index is -3.89. The molecule has 2 aromatic carbocycles. The summed E-state index contributed by atoms with van der Waals surface area (Å²) in [5, 5.41) is 0. The molecule has 3 rings (SSSR count). The lowest BCUT2D eigenvalue weighted by Crippen LogP contribution is -2.42. The van der Waals surface area contributed by atoms with E-state index in [0.29, 0.717) is 18.4 Å². The van der Waals surface area contributed by atoms with Crippen LogP contribution in [0.15, 0.2) is 70.5 Å². The van der Waals surface area contributed by atoms with Crippen molar-refractivity contribution in [3.05, 3.63) is 71.8 Å². The lowest BCUT2D eigenvalue weighted by molar-refractivity contribution is 0.105. The summed E-state index contributed by atoms with van der Waals surface area (Å²) in [6.45, 7) is 10.5. The second kappa shape index (κ2) is 12.9. The van der Waals surface area contributed by atoms with Crippen molar-refractivity contribution in [3.63, 3.8) is 0 Å². The van der Waals surface area contributed by atoms with Crippen LogP contribution in [0.25, 0.3) is 0 Å². The molecule has 1 aliphatic heterocycles. The minimum absolute atomic E-state index is 0.0461. The van der Waals surface area contributed by atoms with Gasteiger partial charge in [-0.3, -0.25) is 0 Å². The van der Waals surface area contributed by atoms with E-state index in [1.807, 2.05) is 13.8 Å². The molecule has 0 atom stereocenters. The van der Waals surface area contributed by atoms with Crippen molar-refractivity contribution in [2.45, 2.75) is 43.4 Å².